The molecule has 0 spiro atoms. The number of aromatic carboxylic acids is 1. The number of rotatable bonds is 4. The summed E-state index contributed by atoms with van der Waals surface area (Å²) in [6.45, 7) is 0. The van der Waals surface area contributed by atoms with Crippen LogP contribution in [0.25, 0.3) is 0 Å². The van der Waals surface area contributed by atoms with E-state index in [1.165, 1.54) is 24.3 Å². The summed E-state index contributed by atoms with van der Waals surface area (Å²) in [5, 5.41) is 22.5. The molecule has 2 rings (SSSR count). The summed E-state index contributed by atoms with van der Waals surface area (Å²) in [6, 6.07) is 7.52. The van der Waals surface area contributed by atoms with Gasteiger partial charge in [0.2, 0.25) is 0 Å². The summed E-state index contributed by atoms with van der Waals surface area (Å²) in [6.07, 6.45) is -4.72. The summed E-state index contributed by atoms with van der Waals surface area (Å²) in [4.78, 5) is 21.1. The minimum absolute atomic E-state index is 0.0304. The summed E-state index contributed by atoms with van der Waals surface area (Å²) >= 11 is 0. The summed E-state index contributed by atoms with van der Waals surface area (Å²) < 4.78 is 37.9. The monoisotopic (exact) mass is 326 g/mol. The number of hydrogen-bond donors (Lipinski definition) is 2. The molecule has 0 radical (unpaired) electrons. The van der Waals surface area contributed by atoms with Gasteiger partial charge in [-0.25, -0.2) is 4.79 Å². The van der Waals surface area contributed by atoms with Crippen LogP contribution in [-0.4, -0.2) is 16.0 Å². The number of halogens is 3. The van der Waals surface area contributed by atoms with E-state index < -0.39 is 28.3 Å². The molecule has 0 saturated heterocycles. The highest BCUT2D eigenvalue weighted by molar-refractivity contribution is 5.95. The van der Waals surface area contributed by atoms with E-state index >= 15 is 0 Å². The average molecular weight is 326 g/mol. The maximum absolute atomic E-state index is 12.6. The molecular formula is C14H9F3N2O4. The molecule has 0 bridgehead atoms. The van der Waals surface area contributed by atoms with Gasteiger partial charge in [-0.1, -0.05) is 12.1 Å². The Morgan fingerprint density at radius 2 is 1.78 bits per heavy atom. The van der Waals surface area contributed by atoms with Crippen molar-refractivity contribution in [3.05, 3.63) is 63.7 Å². The van der Waals surface area contributed by atoms with Gasteiger partial charge in [-0.05, 0) is 24.3 Å². The zero-order chi connectivity index (χ0) is 17.2. The van der Waals surface area contributed by atoms with E-state index in [9.17, 15) is 28.1 Å². The van der Waals surface area contributed by atoms with Crippen LogP contribution in [0.3, 0.4) is 0 Å². The molecule has 2 aromatic carbocycles. The van der Waals surface area contributed by atoms with Crippen LogP contribution in [0.1, 0.15) is 15.9 Å². The summed E-state index contributed by atoms with van der Waals surface area (Å²) in [5.41, 5.74) is -2.34. The van der Waals surface area contributed by atoms with Gasteiger partial charge in [0.15, 0.2) is 0 Å². The molecule has 23 heavy (non-hydrogen) atoms. The molecule has 6 nitrogen and oxygen atoms in total. The van der Waals surface area contributed by atoms with Crippen molar-refractivity contribution in [2.75, 3.05) is 5.32 Å². The molecule has 120 valence electrons. The Kier molecular flexibility index (Phi) is 4.21. The van der Waals surface area contributed by atoms with Gasteiger partial charge in [0.25, 0.3) is 5.69 Å². The highest BCUT2D eigenvalue weighted by Crippen LogP contribution is 2.36. The van der Waals surface area contributed by atoms with Gasteiger partial charge >= 0.3 is 12.1 Å². The van der Waals surface area contributed by atoms with Crippen LogP contribution in [0.2, 0.25) is 0 Å². The van der Waals surface area contributed by atoms with Crippen LogP contribution in [-0.2, 0) is 6.18 Å². The van der Waals surface area contributed by atoms with E-state index in [1.54, 1.807) is 0 Å². The van der Waals surface area contributed by atoms with E-state index in [0.29, 0.717) is 12.1 Å². The molecule has 0 aromatic heterocycles. The second kappa shape index (κ2) is 5.95. The minimum atomic E-state index is -4.72. The molecule has 0 unspecified atom stereocenters. The van der Waals surface area contributed by atoms with E-state index in [1.807, 2.05) is 0 Å². The highest BCUT2D eigenvalue weighted by atomic mass is 19.4. The molecule has 0 fully saturated rings. The standard InChI is InChI=1S/C14H9F3N2O4/c15-14(16,17)8-5-6-11(12(7-8)19(22)23)18-10-4-2-1-3-9(10)13(20)21/h1-7,18H,(H,20,21). The lowest BCUT2D eigenvalue weighted by Crippen LogP contribution is -2.08. The number of carbonyl (C=O) groups is 1. The van der Waals surface area contributed by atoms with E-state index in [-0.39, 0.29) is 16.9 Å². The highest BCUT2D eigenvalue weighted by Gasteiger charge is 2.33. The van der Waals surface area contributed by atoms with Crippen molar-refractivity contribution in [3.8, 4) is 0 Å². The number of nitro groups is 1. The zero-order valence-corrected chi connectivity index (χ0v) is 11.3. The normalized spacial score (nSPS) is 11.1. The maximum Gasteiger partial charge on any atom is 0.416 e. The van der Waals surface area contributed by atoms with E-state index in [4.69, 9.17) is 5.11 Å². The van der Waals surface area contributed by atoms with Gasteiger partial charge in [0.1, 0.15) is 5.69 Å². The van der Waals surface area contributed by atoms with E-state index in [0.717, 1.165) is 6.07 Å². The number of benzene rings is 2. The van der Waals surface area contributed by atoms with Crippen molar-refractivity contribution >= 4 is 23.0 Å². The molecule has 0 atom stereocenters. The molecule has 0 aliphatic carbocycles. The molecular weight excluding hydrogens is 317 g/mol. The van der Waals surface area contributed by atoms with Crippen molar-refractivity contribution in [3.63, 3.8) is 0 Å². The third kappa shape index (κ3) is 3.57. The molecule has 0 aliphatic heterocycles. The Labute approximate surface area is 127 Å². The third-order valence-corrected chi connectivity index (χ3v) is 2.95. The first-order chi connectivity index (χ1) is 10.7. The SMILES string of the molecule is O=C(O)c1ccccc1Nc1ccc(C(F)(F)F)cc1[N+](=O)[O-]. The van der Waals surface area contributed by atoms with Gasteiger partial charge in [0, 0.05) is 6.07 Å². The number of alkyl halides is 3. The Balaban J connectivity index is 2.49. The van der Waals surface area contributed by atoms with Crippen LogP contribution in [0, 0.1) is 10.1 Å². The van der Waals surface area contributed by atoms with Crippen LogP contribution in [0.4, 0.5) is 30.2 Å². The Morgan fingerprint density at radius 1 is 1.13 bits per heavy atom. The number of anilines is 2. The van der Waals surface area contributed by atoms with Gasteiger partial charge in [-0.15, -0.1) is 0 Å². The molecule has 2 N–H and O–H groups in total. The number of carboxylic acid groups (broad SMARTS) is 1. The lowest BCUT2D eigenvalue weighted by molar-refractivity contribution is -0.384. The molecule has 2 aromatic rings. The van der Waals surface area contributed by atoms with Crippen molar-refractivity contribution in [1.82, 2.24) is 0 Å². The Hall–Kier alpha value is -3.10. The first-order valence-corrected chi connectivity index (χ1v) is 6.15. The zero-order valence-electron chi connectivity index (χ0n) is 11.3. The second-order valence-electron chi connectivity index (χ2n) is 4.46. The number of nitrogens with one attached hydrogen (secondary N) is 1. The maximum atomic E-state index is 12.6. The first kappa shape index (κ1) is 16.3. The van der Waals surface area contributed by atoms with Crippen LogP contribution >= 0.6 is 0 Å². The van der Waals surface area contributed by atoms with Crippen LogP contribution in [0.5, 0.6) is 0 Å². The topological polar surface area (TPSA) is 92.5 Å². The number of nitro benzene ring substituents is 1. The molecule has 0 heterocycles. The molecule has 0 aliphatic rings. The van der Waals surface area contributed by atoms with Crippen molar-refractivity contribution in [2.24, 2.45) is 0 Å². The van der Waals surface area contributed by atoms with Crippen LogP contribution in [0.15, 0.2) is 42.5 Å². The quantitative estimate of drug-likeness (QED) is 0.653. The Bertz CT molecular complexity index is 775. The first-order valence-electron chi connectivity index (χ1n) is 6.15. The Morgan fingerprint density at radius 3 is 2.35 bits per heavy atom. The predicted molar refractivity (Wildman–Crippen MR) is 74.8 cm³/mol. The summed E-state index contributed by atoms with van der Waals surface area (Å²) in [7, 11) is 0. The summed E-state index contributed by atoms with van der Waals surface area (Å²) in [5.74, 6) is -1.28. The minimum Gasteiger partial charge on any atom is -0.478 e. The van der Waals surface area contributed by atoms with Crippen molar-refractivity contribution < 1.29 is 28.0 Å². The fourth-order valence-corrected chi connectivity index (χ4v) is 1.89. The van der Waals surface area contributed by atoms with Crippen molar-refractivity contribution in [1.29, 1.82) is 0 Å². The average Bonchev–Trinajstić information content (AvgIpc) is 2.46. The predicted octanol–water partition coefficient (Wildman–Crippen LogP) is 4.06. The number of carboxylic acids is 1. The fraction of sp³-hybridized carbons (Fsp3) is 0.0714. The third-order valence-electron chi connectivity index (χ3n) is 2.95. The number of para-hydroxylation sites is 1. The molecule has 0 saturated carbocycles. The fourth-order valence-electron chi connectivity index (χ4n) is 1.89. The second-order valence-corrected chi connectivity index (χ2v) is 4.46. The van der Waals surface area contributed by atoms with Gasteiger partial charge < -0.3 is 10.4 Å². The lowest BCUT2D eigenvalue weighted by atomic mass is 10.1. The molecule has 9 heteroatoms. The number of hydrogen-bond acceptors (Lipinski definition) is 4. The van der Waals surface area contributed by atoms with Crippen LogP contribution < -0.4 is 5.32 Å². The largest absolute Gasteiger partial charge is 0.478 e. The lowest BCUT2D eigenvalue weighted by Gasteiger charge is -2.12. The van der Waals surface area contributed by atoms with Crippen molar-refractivity contribution in [2.45, 2.75) is 6.18 Å². The van der Waals surface area contributed by atoms with Gasteiger partial charge in [0.05, 0.1) is 21.7 Å². The van der Waals surface area contributed by atoms with E-state index in [2.05, 4.69) is 5.32 Å². The van der Waals surface area contributed by atoms with Gasteiger partial charge in [-0.3, -0.25) is 10.1 Å². The number of nitrogens with zero attached hydrogens (tertiary/aromatic N) is 1. The smallest absolute Gasteiger partial charge is 0.416 e. The van der Waals surface area contributed by atoms with Gasteiger partial charge in [-0.2, -0.15) is 13.2 Å². The molecule has 0 amide bonds.